The Morgan fingerprint density at radius 2 is 2.00 bits per heavy atom. The van der Waals surface area contributed by atoms with E-state index in [0.29, 0.717) is 10.4 Å². The molecule has 0 spiro atoms. The zero-order valence-corrected chi connectivity index (χ0v) is 8.99. The monoisotopic (exact) mass is 229 g/mol. The highest BCUT2D eigenvalue weighted by Gasteiger charge is 2.12. The molecule has 0 saturated carbocycles. The van der Waals surface area contributed by atoms with Gasteiger partial charge in [-0.1, -0.05) is 18.2 Å². The fraction of sp³-hybridized carbons (Fsp3) is 0. The maximum Gasteiger partial charge on any atom is 0.336 e. The van der Waals surface area contributed by atoms with Crippen LogP contribution in [0.15, 0.2) is 36.4 Å². The third kappa shape index (κ3) is 1.81. The standard InChI is InChI=1S/C12H7NO2S/c13-7-8-5-6-11(16-8)9-3-1-2-4-10(9)12(14)15/h1-6H,(H,14,15). The topological polar surface area (TPSA) is 61.1 Å². The second kappa shape index (κ2) is 4.17. The number of carboxylic acids is 1. The minimum Gasteiger partial charge on any atom is -0.478 e. The van der Waals surface area contributed by atoms with Gasteiger partial charge in [-0.25, -0.2) is 4.79 Å². The molecule has 1 heterocycles. The lowest BCUT2D eigenvalue weighted by Gasteiger charge is -2.02. The molecule has 0 bridgehead atoms. The van der Waals surface area contributed by atoms with Crippen molar-refractivity contribution in [2.45, 2.75) is 0 Å². The van der Waals surface area contributed by atoms with Gasteiger partial charge < -0.3 is 5.11 Å². The molecular weight excluding hydrogens is 222 g/mol. The number of nitrogens with zero attached hydrogens (tertiary/aromatic N) is 1. The van der Waals surface area contributed by atoms with Gasteiger partial charge in [0.1, 0.15) is 10.9 Å². The SMILES string of the molecule is N#Cc1ccc(-c2ccccc2C(=O)O)s1. The quantitative estimate of drug-likeness (QED) is 0.861. The van der Waals surface area contributed by atoms with Crippen molar-refractivity contribution in [2.75, 3.05) is 0 Å². The van der Waals surface area contributed by atoms with Gasteiger partial charge in [-0.2, -0.15) is 5.26 Å². The highest BCUT2D eigenvalue weighted by atomic mass is 32.1. The van der Waals surface area contributed by atoms with Gasteiger partial charge in [0.05, 0.1) is 5.56 Å². The fourth-order valence-corrected chi connectivity index (χ4v) is 2.27. The van der Waals surface area contributed by atoms with Crippen LogP contribution in [0.5, 0.6) is 0 Å². The molecule has 0 amide bonds. The Bertz CT molecular complexity index is 581. The molecule has 1 aromatic heterocycles. The molecule has 0 fully saturated rings. The second-order valence-corrected chi connectivity index (χ2v) is 4.21. The van der Waals surface area contributed by atoms with Crippen molar-refractivity contribution in [3.8, 4) is 16.5 Å². The molecule has 16 heavy (non-hydrogen) atoms. The Hall–Kier alpha value is -2.12. The van der Waals surface area contributed by atoms with Crippen molar-refractivity contribution in [2.24, 2.45) is 0 Å². The molecule has 2 aromatic rings. The maximum atomic E-state index is 11.0. The van der Waals surface area contributed by atoms with E-state index < -0.39 is 5.97 Å². The summed E-state index contributed by atoms with van der Waals surface area (Å²) in [7, 11) is 0. The van der Waals surface area contributed by atoms with Crippen molar-refractivity contribution in [1.82, 2.24) is 0 Å². The third-order valence-corrected chi connectivity index (χ3v) is 3.16. The Kier molecular flexibility index (Phi) is 2.71. The van der Waals surface area contributed by atoms with Crippen LogP contribution in [0.1, 0.15) is 15.2 Å². The third-order valence-electron chi connectivity index (χ3n) is 2.14. The van der Waals surface area contributed by atoms with Gasteiger partial charge in [0.25, 0.3) is 0 Å². The number of thiophene rings is 1. The van der Waals surface area contributed by atoms with Gasteiger partial charge in [0.15, 0.2) is 0 Å². The number of carbonyl (C=O) groups is 1. The Labute approximate surface area is 96.2 Å². The fourth-order valence-electron chi connectivity index (χ4n) is 1.43. The van der Waals surface area contributed by atoms with Crippen LogP contribution in [-0.4, -0.2) is 11.1 Å². The van der Waals surface area contributed by atoms with Crippen molar-refractivity contribution >= 4 is 17.3 Å². The zero-order valence-electron chi connectivity index (χ0n) is 8.18. The van der Waals surface area contributed by atoms with E-state index in [4.69, 9.17) is 10.4 Å². The predicted molar refractivity (Wildman–Crippen MR) is 61.4 cm³/mol. The van der Waals surface area contributed by atoms with E-state index in [1.807, 2.05) is 6.07 Å². The van der Waals surface area contributed by atoms with Crippen LogP contribution in [0.25, 0.3) is 10.4 Å². The van der Waals surface area contributed by atoms with Crippen molar-refractivity contribution in [3.63, 3.8) is 0 Å². The van der Waals surface area contributed by atoms with Crippen molar-refractivity contribution < 1.29 is 9.90 Å². The number of hydrogen-bond donors (Lipinski definition) is 1. The van der Waals surface area contributed by atoms with Gasteiger partial charge in [-0.3, -0.25) is 0 Å². The van der Waals surface area contributed by atoms with E-state index in [1.165, 1.54) is 11.3 Å². The number of carboxylic acid groups (broad SMARTS) is 1. The number of nitriles is 1. The molecule has 0 aliphatic rings. The first-order valence-corrected chi connectivity index (χ1v) is 5.36. The summed E-state index contributed by atoms with van der Waals surface area (Å²) >= 11 is 1.29. The zero-order chi connectivity index (χ0) is 11.5. The normalized spacial score (nSPS) is 9.69. The highest BCUT2D eigenvalue weighted by molar-refractivity contribution is 7.16. The Morgan fingerprint density at radius 1 is 1.25 bits per heavy atom. The lowest BCUT2D eigenvalue weighted by molar-refractivity contribution is 0.0698. The number of hydrogen-bond acceptors (Lipinski definition) is 3. The summed E-state index contributed by atoms with van der Waals surface area (Å²) in [6.07, 6.45) is 0. The first-order chi connectivity index (χ1) is 7.72. The molecule has 0 aliphatic heterocycles. The smallest absolute Gasteiger partial charge is 0.336 e. The van der Waals surface area contributed by atoms with Crippen LogP contribution in [0.2, 0.25) is 0 Å². The number of rotatable bonds is 2. The van der Waals surface area contributed by atoms with Gasteiger partial charge in [-0.15, -0.1) is 11.3 Å². The molecule has 1 N–H and O–H groups in total. The van der Waals surface area contributed by atoms with Crippen LogP contribution >= 0.6 is 11.3 Å². The summed E-state index contributed by atoms with van der Waals surface area (Å²) < 4.78 is 0. The van der Waals surface area contributed by atoms with Crippen LogP contribution in [0.4, 0.5) is 0 Å². The van der Waals surface area contributed by atoms with E-state index in [1.54, 1.807) is 36.4 Å². The molecule has 3 nitrogen and oxygen atoms in total. The van der Waals surface area contributed by atoms with E-state index in [2.05, 4.69) is 0 Å². The molecule has 1 aromatic carbocycles. The summed E-state index contributed by atoms with van der Waals surface area (Å²) in [5.74, 6) is -0.956. The second-order valence-electron chi connectivity index (χ2n) is 3.13. The first kappa shape index (κ1) is 10.4. The lowest BCUT2D eigenvalue weighted by Crippen LogP contribution is -1.97. The van der Waals surface area contributed by atoms with E-state index in [9.17, 15) is 4.79 Å². The van der Waals surface area contributed by atoms with E-state index >= 15 is 0 Å². The molecule has 4 heteroatoms. The maximum absolute atomic E-state index is 11.0. The highest BCUT2D eigenvalue weighted by Crippen LogP contribution is 2.30. The lowest BCUT2D eigenvalue weighted by atomic mass is 10.1. The van der Waals surface area contributed by atoms with Crippen LogP contribution in [-0.2, 0) is 0 Å². The summed E-state index contributed by atoms with van der Waals surface area (Å²) in [6.45, 7) is 0. The summed E-state index contributed by atoms with van der Waals surface area (Å²) in [5, 5.41) is 17.8. The summed E-state index contributed by atoms with van der Waals surface area (Å²) in [6, 6.07) is 12.3. The first-order valence-electron chi connectivity index (χ1n) is 4.55. The Balaban J connectivity index is 2.56. The van der Waals surface area contributed by atoms with Crippen molar-refractivity contribution in [3.05, 3.63) is 46.8 Å². The molecule has 0 unspecified atom stereocenters. The average Bonchev–Trinajstić information content (AvgIpc) is 2.77. The molecule has 78 valence electrons. The van der Waals surface area contributed by atoms with E-state index in [0.717, 1.165) is 4.88 Å². The van der Waals surface area contributed by atoms with Gasteiger partial charge >= 0.3 is 5.97 Å². The molecular formula is C12H7NO2S. The molecule has 0 radical (unpaired) electrons. The molecule has 2 rings (SSSR count). The van der Waals surface area contributed by atoms with Crippen LogP contribution < -0.4 is 0 Å². The largest absolute Gasteiger partial charge is 0.478 e. The van der Waals surface area contributed by atoms with Gasteiger partial charge in [0, 0.05) is 10.4 Å². The Morgan fingerprint density at radius 3 is 2.62 bits per heavy atom. The molecule has 0 saturated heterocycles. The van der Waals surface area contributed by atoms with Crippen LogP contribution in [0.3, 0.4) is 0 Å². The molecule has 0 atom stereocenters. The number of benzene rings is 1. The van der Waals surface area contributed by atoms with Crippen molar-refractivity contribution in [1.29, 1.82) is 5.26 Å². The predicted octanol–water partition coefficient (Wildman–Crippen LogP) is 2.98. The van der Waals surface area contributed by atoms with E-state index in [-0.39, 0.29) is 5.56 Å². The number of aromatic carboxylic acids is 1. The minimum absolute atomic E-state index is 0.258. The summed E-state index contributed by atoms with van der Waals surface area (Å²) in [4.78, 5) is 12.4. The van der Waals surface area contributed by atoms with Gasteiger partial charge in [0.2, 0.25) is 0 Å². The molecule has 0 aliphatic carbocycles. The summed E-state index contributed by atoms with van der Waals surface area (Å²) in [5.41, 5.74) is 0.912. The van der Waals surface area contributed by atoms with Gasteiger partial charge in [-0.05, 0) is 18.2 Å². The minimum atomic E-state index is -0.956. The average molecular weight is 229 g/mol. The van der Waals surface area contributed by atoms with Crippen LogP contribution in [0, 0.1) is 11.3 Å².